The number of carbonyl (C=O) groups is 1. The molecule has 0 atom stereocenters. The van der Waals surface area contributed by atoms with Crippen LogP contribution in [0.15, 0.2) is 11.8 Å². The third-order valence-electron chi connectivity index (χ3n) is 2.54. The highest BCUT2D eigenvalue weighted by Gasteiger charge is 2.16. The fraction of sp³-hybridized carbons (Fsp3) is 0.727. The Kier molecular flexibility index (Phi) is 4.66. The fourth-order valence-electron chi connectivity index (χ4n) is 1.73. The van der Waals surface area contributed by atoms with Crippen LogP contribution in [0.25, 0.3) is 0 Å². The van der Waals surface area contributed by atoms with Crippen LogP contribution in [0.5, 0.6) is 0 Å². The van der Waals surface area contributed by atoms with E-state index in [4.69, 9.17) is 9.47 Å². The first kappa shape index (κ1) is 11.2. The molecule has 0 bridgehead atoms. The van der Waals surface area contributed by atoms with Crippen LogP contribution in [0, 0.1) is 5.92 Å². The van der Waals surface area contributed by atoms with Gasteiger partial charge in [0.1, 0.15) is 0 Å². The summed E-state index contributed by atoms with van der Waals surface area (Å²) in [4.78, 5) is 10.6. The monoisotopic (exact) mass is 198 g/mol. The lowest BCUT2D eigenvalue weighted by molar-refractivity contribution is -0.135. The van der Waals surface area contributed by atoms with Gasteiger partial charge in [-0.25, -0.2) is 0 Å². The summed E-state index contributed by atoms with van der Waals surface area (Å²) in [6.07, 6.45) is 5.95. The Bertz CT molecular complexity index is 211. The molecule has 3 heteroatoms. The van der Waals surface area contributed by atoms with Crippen LogP contribution in [0.3, 0.4) is 0 Å². The normalized spacial score (nSPS) is 21.9. The molecule has 0 aromatic carbocycles. The molecule has 0 amide bonds. The molecular weight excluding hydrogens is 180 g/mol. The number of carbonyl (C=O) groups excluding carboxylic acids is 1. The third-order valence-corrected chi connectivity index (χ3v) is 2.54. The molecule has 1 fully saturated rings. The predicted molar refractivity (Wildman–Crippen MR) is 53.7 cm³/mol. The summed E-state index contributed by atoms with van der Waals surface area (Å²) in [5.74, 6) is 0.436. The maximum atomic E-state index is 10.6. The molecule has 0 aliphatic heterocycles. The molecule has 0 radical (unpaired) electrons. The van der Waals surface area contributed by atoms with Crippen molar-refractivity contribution < 1.29 is 14.3 Å². The van der Waals surface area contributed by atoms with E-state index in [0.717, 1.165) is 32.3 Å². The van der Waals surface area contributed by atoms with Gasteiger partial charge in [0, 0.05) is 20.6 Å². The predicted octanol–water partition coefficient (Wildman–Crippen LogP) is 2.27. The van der Waals surface area contributed by atoms with Crippen molar-refractivity contribution in [2.24, 2.45) is 5.92 Å². The maximum absolute atomic E-state index is 10.6. The second-order valence-electron chi connectivity index (χ2n) is 3.78. The summed E-state index contributed by atoms with van der Waals surface area (Å²) >= 11 is 0. The van der Waals surface area contributed by atoms with Crippen molar-refractivity contribution in [3.63, 3.8) is 0 Å². The maximum Gasteiger partial charge on any atom is 0.307 e. The number of esters is 1. The second-order valence-corrected chi connectivity index (χ2v) is 3.78. The smallest absolute Gasteiger partial charge is 0.307 e. The summed E-state index contributed by atoms with van der Waals surface area (Å²) in [6.45, 7) is 2.27. The highest BCUT2D eigenvalue weighted by atomic mass is 16.5. The molecule has 1 rings (SSSR count). The summed E-state index contributed by atoms with van der Waals surface area (Å²) in [6, 6.07) is 0. The molecule has 0 unspecified atom stereocenters. The van der Waals surface area contributed by atoms with Gasteiger partial charge < -0.3 is 9.47 Å². The van der Waals surface area contributed by atoms with Gasteiger partial charge >= 0.3 is 5.97 Å². The Morgan fingerprint density at radius 1 is 1.50 bits per heavy atom. The van der Waals surface area contributed by atoms with E-state index in [9.17, 15) is 4.79 Å². The van der Waals surface area contributed by atoms with Gasteiger partial charge in [-0.3, -0.25) is 4.79 Å². The van der Waals surface area contributed by atoms with E-state index in [-0.39, 0.29) is 5.97 Å². The van der Waals surface area contributed by atoms with Crippen molar-refractivity contribution >= 4 is 5.97 Å². The Hall–Kier alpha value is -0.830. The molecule has 0 spiro atoms. The lowest BCUT2D eigenvalue weighted by atomic mass is 9.87. The molecule has 1 aliphatic rings. The molecule has 3 nitrogen and oxygen atoms in total. The van der Waals surface area contributed by atoms with Crippen molar-refractivity contribution in [3.8, 4) is 0 Å². The molecule has 80 valence electrons. The second kappa shape index (κ2) is 5.81. The Labute approximate surface area is 85.1 Å². The average molecular weight is 198 g/mol. The number of allylic oxidation sites excluding steroid dienone is 1. The first-order valence-corrected chi connectivity index (χ1v) is 5.06. The van der Waals surface area contributed by atoms with Crippen LogP contribution in [-0.4, -0.2) is 19.7 Å². The quantitative estimate of drug-likeness (QED) is 0.515. The first-order valence-electron chi connectivity index (χ1n) is 5.06. The fourth-order valence-corrected chi connectivity index (χ4v) is 1.73. The van der Waals surface area contributed by atoms with Crippen molar-refractivity contribution in [2.45, 2.75) is 32.6 Å². The van der Waals surface area contributed by atoms with Crippen molar-refractivity contribution in [1.29, 1.82) is 0 Å². The van der Waals surface area contributed by atoms with Crippen molar-refractivity contribution in [1.82, 2.24) is 0 Å². The molecule has 0 aromatic heterocycles. The standard InChI is InChI=1S/C11H18O3/c1-9(12)14-8-11-5-3-10(4-6-11)7-13-2/h8,10H,3-7H2,1-2H3. The van der Waals surface area contributed by atoms with Gasteiger partial charge in [0.25, 0.3) is 0 Å². The van der Waals surface area contributed by atoms with E-state index in [0.29, 0.717) is 5.92 Å². The van der Waals surface area contributed by atoms with Crippen LogP contribution in [-0.2, 0) is 14.3 Å². The van der Waals surface area contributed by atoms with Gasteiger partial charge in [0.2, 0.25) is 0 Å². The van der Waals surface area contributed by atoms with Crippen LogP contribution in [0.2, 0.25) is 0 Å². The lowest BCUT2D eigenvalue weighted by Gasteiger charge is -2.22. The number of rotatable bonds is 3. The molecule has 0 N–H and O–H groups in total. The largest absolute Gasteiger partial charge is 0.435 e. The van der Waals surface area contributed by atoms with E-state index in [2.05, 4.69) is 0 Å². The van der Waals surface area contributed by atoms with Gasteiger partial charge in [-0.1, -0.05) is 0 Å². The zero-order valence-corrected chi connectivity index (χ0v) is 8.91. The number of hydrogen-bond acceptors (Lipinski definition) is 3. The SMILES string of the molecule is COCC1CCC(=COC(C)=O)CC1. The van der Waals surface area contributed by atoms with Crippen LogP contribution in [0.4, 0.5) is 0 Å². The van der Waals surface area contributed by atoms with E-state index in [1.165, 1.54) is 12.5 Å². The van der Waals surface area contributed by atoms with Crippen molar-refractivity contribution in [3.05, 3.63) is 11.8 Å². The topological polar surface area (TPSA) is 35.5 Å². The lowest BCUT2D eigenvalue weighted by Crippen LogP contribution is -2.13. The van der Waals surface area contributed by atoms with Gasteiger partial charge in [0.15, 0.2) is 0 Å². The molecule has 1 saturated carbocycles. The van der Waals surface area contributed by atoms with Gasteiger partial charge in [0.05, 0.1) is 6.26 Å². The molecule has 1 aliphatic carbocycles. The zero-order chi connectivity index (χ0) is 10.4. The third kappa shape index (κ3) is 3.92. The Balaban J connectivity index is 2.28. The zero-order valence-electron chi connectivity index (χ0n) is 8.91. The highest BCUT2D eigenvalue weighted by molar-refractivity contribution is 5.66. The van der Waals surface area contributed by atoms with E-state index < -0.39 is 0 Å². The minimum absolute atomic E-state index is 0.239. The number of ether oxygens (including phenoxy) is 2. The molecule has 0 heterocycles. The summed E-state index contributed by atoms with van der Waals surface area (Å²) in [5, 5.41) is 0. The summed E-state index contributed by atoms with van der Waals surface area (Å²) in [5.41, 5.74) is 1.24. The number of methoxy groups -OCH3 is 1. The summed E-state index contributed by atoms with van der Waals surface area (Å²) in [7, 11) is 1.74. The summed E-state index contributed by atoms with van der Waals surface area (Å²) < 4.78 is 9.95. The van der Waals surface area contributed by atoms with Gasteiger partial charge in [-0.15, -0.1) is 0 Å². The molecule has 0 aromatic rings. The molecular formula is C11H18O3. The molecule has 14 heavy (non-hydrogen) atoms. The Morgan fingerprint density at radius 2 is 2.14 bits per heavy atom. The Morgan fingerprint density at radius 3 is 2.64 bits per heavy atom. The van der Waals surface area contributed by atoms with Crippen LogP contribution < -0.4 is 0 Å². The van der Waals surface area contributed by atoms with Crippen LogP contribution >= 0.6 is 0 Å². The minimum atomic E-state index is -0.239. The number of hydrogen-bond donors (Lipinski definition) is 0. The van der Waals surface area contributed by atoms with Crippen molar-refractivity contribution in [2.75, 3.05) is 13.7 Å². The minimum Gasteiger partial charge on any atom is -0.435 e. The van der Waals surface area contributed by atoms with Gasteiger partial charge in [-0.05, 0) is 37.2 Å². The van der Waals surface area contributed by atoms with Gasteiger partial charge in [-0.2, -0.15) is 0 Å². The van der Waals surface area contributed by atoms with E-state index >= 15 is 0 Å². The molecule has 0 saturated heterocycles. The van der Waals surface area contributed by atoms with Crippen LogP contribution in [0.1, 0.15) is 32.6 Å². The average Bonchev–Trinajstić information content (AvgIpc) is 2.17. The first-order chi connectivity index (χ1) is 6.72. The van der Waals surface area contributed by atoms with E-state index in [1.807, 2.05) is 0 Å². The highest BCUT2D eigenvalue weighted by Crippen LogP contribution is 2.28. The van der Waals surface area contributed by atoms with E-state index in [1.54, 1.807) is 13.4 Å².